The van der Waals surface area contributed by atoms with E-state index in [0.717, 1.165) is 21.1 Å². The number of hydrogen-bond acceptors (Lipinski definition) is 10. The number of piperazine rings is 1. The second kappa shape index (κ2) is 12.3. The van der Waals surface area contributed by atoms with E-state index in [1.807, 2.05) is 4.90 Å². The largest absolute Gasteiger partial charge is 0.418 e. The molecule has 0 N–H and O–H groups in total. The molecule has 0 amide bonds. The minimum absolute atomic E-state index is 0.0728. The molecule has 39 heavy (non-hydrogen) atoms. The van der Waals surface area contributed by atoms with Crippen molar-refractivity contribution in [3.05, 3.63) is 52.3 Å². The molecule has 1 aromatic carbocycles. The predicted molar refractivity (Wildman–Crippen MR) is 140 cm³/mol. The molecule has 216 valence electrons. The smallest absolute Gasteiger partial charge is 0.368 e. The first-order valence-electron chi connectivity index (χ1n) is 11.3. The van der Waals surface area contributed by atoms with Crippen molar-refractivity contribution in [1.82, 2.24) is 9.29 Å². The lowest BCUT2D eigenvalue weighted by molar-refractivity contribution is -0.385. The first-order valence-corrected chi connectivity index (χ1v) is 15.7. The van der Waals surface area contributed by atoms with Gasteiger partial charge in [-0.3, -0.25) is 19.3 Å². The fraction of sp³-hybridized carbons (Fsp3) is 0.476. The van der Waals surface area contributed by atoms with Crippen LogP contribution in [0.15, 0.2) is 41.6 Å². The summed E-state index contributed by atoms with van der Waals surface area (Å²) >= 11 is 3.11. The molecule has 3 rings (SSSR count). The van der Waals surface area contributed by atoms with Crippen LogP contribution in [0.2, 0.25) is 0 Å². The monoisotopic (exact) mass is 659 g/mol. The third-order valence-corrected chi connectivity index (χ3v) is 8.63. The number of rotatable bonds is 11. The third-order valence-electron chi connectivity index (χ3n) is 5.77. The average molecular weight is 660 g/mol. The highest BCUT2D eigenvalue weighted by molar-refractivity contribution is 9.09. The second-order valence-corrected chi connectivity index (χ2v) is 12.7. The van der Waals surface area contributed by atoms with Gasteiger partial charge in [0.05, 0.1) is 40.9 Å². The molecule has 12 nitrogen and oxygen atoms in total. The van der Waals surface area contributed by atoms with Crippen molar-refractivity contribution in [3.8, 4) is 0 Å². The Morgan fingerprint density at radius 2 is 1.82 bits per heavy atom. The number of nitrogens with zero attached hydrogens (tertiary/aromatic N) is 5. The van der Waals surface area contributed by atoms with Crippen LogP contribution in [0, 0.1) is 10.1 Å². The molecule has 1 aliphatic heterocycles. The molecule has 0 aliphatic carbocycles. The Kier molecular flexibility index (Phi) is 9.79. The Morgan fingerprint density at radius 3 is 2.33 bits per heavy atom. The number of alkyl halides is 4. The fourth-order valence-corrected chi connectivity index (χ4v) is 6.52. The Hall–Kier alpha value is -2.54. The molecule has 0 bridgehead atoms. The van der Waals surface area contributed by atoms with Crippen LogP contribution in [0.5, 0.6) is 0 Å². The lowest BCUT2D eigenvalue weighted by Crippen LogP contribution is -2.49. The highest BCUT2D eigenvalue weighted by atomic mass is 79.9. The molecular formula is C21H25BrF3N5O7S2. The van der Waals surface area contributed by atoms with E-state index < -0.39 is 66.2 Å². The number of pyridine rings is 1. The Morgan fingerprint density at radius 1 is 1.15 bits per heavy atom. The van der Waals surface area contributed by atoms with Gasteiger partial charge in [0, 0.05) is 62.9 Å². The van der Waals surface area contributed by atoms with Crippen molar-refractivity contribution in [2.45, 2.75) is 11.1 Å². The lowest BCUT2D eigenvalue weighted by Gasteiger charge is -2.36. The van der Waals surface area contributed by atoms with E-state index in [0.29, 0.717) is 6.07 Å². The summed E-state index contributed by atoms with van der Waals surface area (Å²) in [6.45, 7) is -1.01. The number of hydrogen-bond donors (Lipinski definition) is 0. The van der Waals surface area contributed by atoms with Crippen LogP contribution < -0.4 is 9.80 Å². The van der Waals surface area contributed by atoms with Crippen molar-refractivity contribution in [1.29, 1.82) is 0 Å². The van der Waals surface area contributed by atoms with E-state index in [1.165, 1.54) is 0 Å². The Balaban J connectivity index is 2.10. The van der Waals surface area contributed by atoms with E-state index in [1.54, 1.807) is 24.5 Å². The van der Waals surface area contributed by atoms with Crippen molar-refractivity contribution < 1.29 is 39.1 Å². The third kappa shape index (κ3) is 7.77. The molecule has 0 radical (unpaired) electrons. The van der Waals surface area contributed by atoms with E-state index >= 15 is 0 Å². The quantitative estimate of drug-likeness (QED) is 0.153. The summed E-state index contributed by atoms with van der Waals surface area (Å²) in [6, 6.07) is 4.36. The molecule has 1 aliphatic rings. The molecule has 0 spiro atoms. The summed E-state index contributed by atoms with van der Waals surface area (Å²) in [7, 11) is -8.63. The van der Waals surface area contributed by atoms with Gasteiger partial charge >= 0.3 is 6.18 Å². The first-order chi connectivity index (χ1) is 18.1. The normalized spacial score (nSPS) is 15.4. The van der Waals surface area contributed by atoms with E-state index in [2.05, 4.69) is 25.1 Å². The van der Waals surface area contributed by atoms with Crippen molar-refractivity contribution >= 4 is 53.1 Å². The number of nitro benzene ring substituents is 1. The SMILES string of the molecule is CS(=O)(=O)OCCN(CCBr)c1c(C(F)(F)F)cc([N+](=O)[O-])cc1S(=O)(=O)N1CCN(c2cccnc2)CC1. The van der Waals surface area contributed by atoms with Crippen LogP contribution in [0.1, 0.15) is 5.56 Å². The molecule has 1 aromatic heterocycles. The topological polar surface area (TPSA) is 143 Å². The van der Waals surface area contributed by atoms with Gasteiger partial charge in [-0.1, -0.05) is 15.9 Å². The van der Waals surface area contributed by atoms with Gasteiger partial charge in [-0.15, -0.1) is 0 Å². The Bertz CT molecular complexity index is 1390. The standard InChI is InChI=1S/C21H25BrF3N5O7S2/c1-38(33,34)37-12-11-28(6-4-22)20-18(21(23,24)25)13-17(30(31)32)14-19(20)39(35,36)29-9-7-27(8-10-29)16-3-2-5-26-15-16/h2-3,5,13-15H,4,6-12H2,1H3. The zero-order valence-electron chi connectivity index (χ0n) is 20.5. The summed E-state index contributed by atoms with van der Waals surface area (Å²) < 4.78 is 98.7. The summed E-state index contributed by atoms with van der Waals surface area (Å²) in [4.78, 5) is 16.4. The summed E-state index contributed by atoms with van der Waals surface area (Å²) in [6.07, 6.45) is -1.25. The summed E-state index contributed by atoms with van der Waals surface area (Å²) in [5, 5.41) is 11.6. The van der Waals surface area contributed by atoms with Gasteiger partial charge in [0.2, 0.25) is 10.0 Å². The van der Waals surface area contributed by atoms with Gasteiger partial charge in [-0.2, -0.15) is 25.9 Å². The van der Waals surface area contributed by atoms with Crippen LogP contribution in [0.4, 0.5) is 30.2 Å². The van der Waals surface area contributed by atoms with E-state index in [4.69, 9.17) is 0 Å². The predicted octanol–water partition coefficient (Wildman–Crippen LogP) is 2.70. The highest BCUT2D eigenvalue weighted by Gasteiger charge is 2.42. The van der Waals surface area contributed by atoms with E-state index in [-0.39, 0.29) is 44.1 Å². The number of sulfonamides is 1. The zero-order chi connectivity index (χ0) is 29.0. The molecule has 0 unspecified atom stereocenters. The lowest BCUT2D eigenvalue weighted by atomic mass is 10.1. The number of anilines is 2. The maximum absolute atomic E-state index is 14.2. The minimum atomic E-state index is -5.17. The van der Waals surface area contributed by atoms with Crippen molar-refractivity contribution in [3.63, 3.8) is 0 Å². The molecule has 0 atom stereocenters. The van der Waals surface area contributed by atoms with Crippen LogP contribution in [0.25, 0.3) is 0 Å². The molecule has 0 saturated carbocycles. The first kappa shape index (κ1) is 31.0. The van der Waals surface area contributed by atoms with Crippen molar-refractivity contribution in [2.75, 3.05) is 67.3 Å². The number of non-ortho nitro benzene ring substituents is 1. The molecule has 2 aromatic rings. The summed E-state index contributed by atoms with van der Waals surface area (Å²) in [5.41, 5.74) is -2.67. The maximum Gasteiger partial charge on any atom is 0.418 e. The molecule has 2 heterocycles. The number of aromatic nitrogens is 1. The maximum atomic E-state index is 14.2. The van der Waals surface area contributed by atoms with Gasteiger partial charge < -0.3 is 9.80 Å². The molecule has 18 heteroatoms. The second-order valence-electron chi connectivity index (χ2n) is 8.40. The van der Waals surface area contributed by atoms with Crippen LogP contribution in [-0.2, 0) is 30.5 Å². The minimum Gasteiger partial charge on any atom is -0.368 e. The highest BCUT2D eigenvalue weighted by Crippen LogP contribution is 2.44. The summed E-state index contributed by atoms with van der Waals surface area (Å²) in [5.74, 6) is 0. The zero-order valence-corrected chi connectivity index (χ0v) is 23.8. The number of nitro groups is 1. The van der Waals surface area contributed by atoms with Crippen molar-refractivity contribution in [2.24, 2.45) is 0 Å². The van der Waals surface area contributed by atoms with Gasteiger partial charge in [0.1, 0.15) is 4.90 Å². The molecule has 1 saturated heterocycles. The number of benzene rings is 1. The molecule has 1 fully saturated rings. The van der Waals surface area contributed by atoms with Gasteiger partial charge in [0.15, 0.2) is 0 Å². The Labute approximate surface area is 231 Å². The van der Waals surface area contributed by atoms with E-state index in [9.17, 15) is 40.1 Å². The van der Waals surface area contributed by atoms with Crippen LogP contribution in [0.3, 0.4) is 0 Å². The molecular weight excluding hydrogens is 635 g/mol. The van der Waals surface area contributed by atoms with Crippen LogP contribution in [-0.4, -0.2) is 88.5 Å². The number of halogens is 4. The fourth-order valence-electron chi connectivity index (χ4n) is 4.04. The van der Waals surface area contributed by atoms with Gasteiger partial charge in [-0.05, 0) is 12.1 Å². The average Bonchev–Trinajstić information content (AvgIpc) is 2.86. The van der Waals surface area contributed by atoms with Gasteiger partial charge in [-0.25, -0.2) is 8.42 Å². The van der Waals surface area contributed by atoms with Crippen LogP contribution >= 0.6 is 15.9 Å². The van der Waals surface area contributed by atoms with Gasteiger partial charge in [0.25, 0.3) is 15.8 Å².